The second-order valence-corrected chi connectivity index (χ2v) is 9.18. The maximum absolute atomic E-state index is 12.6. The Hall–Kier alpha value is -1.65. The minimum atomic E-state index is -1.04. The standard InChI is InChI=1S/C22H26ClNO2S/c1-17(19-12-5-6-13-20(19)23)9-7-8-14-24-21(25)15-22(24)27(26)16-18-10-3-2-4-11-18/h2-6,10-13,17,22H,7-9,14-16H2,1H3. The summed E-state index contributed by atoms with van der Waals surface area (Å²) in [5.41, 5.74) is 2.24. The van der Waals surface area contributed by atoms with Crippen LogP contribution in [0.2, 0.25) is 5.02 Å². The Morgan fingerprint density at radius 2 is 1.81 bits per heavy atom. The lowest BCUT2D eigenvalue weighted by Gasteiger charge is -2.39. The first-order chi connectivity index (χ1) is 13.1. The van der Waals surface area contributed by atoms with Crippen LogP contribution in [0.3, 0.4) is 0 Å². The molecule has 1 fully saturated rings. The Kier molecular flexibility index (Phi) is 7.08. The third-order valence-electron chi connectivity index (χ3n) is 5.19. The average molecular weight is 404 g/mol. The molecular weight excluding hydrogens is 378 g/mol. The van der Waals surface area contributed by atoms with Gasteiger partial charge < -0.3 is 4.90 Å². The molecule has 0 aliphatic carbocycles. The lowest BCUT2D eigenvalue weighted by atomic mass is 9.95. The fraction of sp³-hybridized carbons (Fsp3) is 0.409. The lowest BCUT2D eigenvalue weighted by molar-refractivity contribution is -0.141. The van der Waals surface area contributed by atoms with Crippen LogP contribution < -0.4 is 0 Å². The van der Waals surface area contributed by atoms with Gasteiger partial charge in [0, 0.05) is 22.4 Å². The zero-order valence-electron chi connectivity index (χ0n) is 15.6. The molecule has 0 saturated carbocycles. The first kappa shape index (κ1) is 20.1. The third kappa shape index (κ3) is 5.20. The number of rotatable bonds is 9. The number of hydrogen-bond acceptors (Lipinski definition) is 2. The molecule has 2 aromatic carbocycles. The molecule has 0 bridgehead atoms. The van der Waals surface area contributed by atoms with Gasteiger partial charge in [0.1, 0.15) is 5.37 Å². The van der Waals surface area contributed by atoms with Crippen LogP contribution in [-0.2, 0) is 21.3 Å². The van der Waals surface area contributed by atoms with Crippen molar-refractivity contribution in [3.05, 3.63) is 70.7 Å². The minimum Gasteiger partial charge on any atom is -0.328 e. The zero-order valence-corrected chi connectivity index (χ0v) is 17.2. The van der Waals surface area contributed by atoms with Crippen LogP contribution in [0.15, 0.2) is 54.6 Å². The SMILES string of the molecule is CC(CCCCN1C(=O)CC1S(=O)Cc1ccccc1)c1ccccc1Cl. The molecule has 2 aromatic rings. The monoisotopic (exact) mass is 403 g/mol. The van der Waals surface area contributed by atoms with E-state index in [-0.39, 0.29) is 11.3 Å². The molecule has 0 aromatic heterocycles. The van der Waals surface area contributed by atoms with E-state index < -0.39 is 10.8 Å². The molecule has 1 amide bonds. The normalized spacial score (nSPS) is 18.8. The minimum absolute atomic E-state index is 0.126. The van der Waals surface area contributed by atoms with E-state index in [1.54, 1.807) is 4.90 Å². The molecule has 3 nitrogen and oxygen atoms in total. The van der Waals surface area contributed by atoms with Gasteiger partial charge in [0.15, 0.2) is 0 Å². The number of unbranched alkanes of at least 4 members (excludes halogenated alkanes) is 1. The fourth-order valence-corrected chi connectivity index (χ4v) is 5.40. The van der Waals surface area contributed by atoms with Crippen LogP contribution >= 0.6 is 11.6 Å². The van der Waals surface area contributed by atoms with Crippen LogP contribution in [0.1, 0.15) is 49.7 Å². The average Bonchev–Trinajstić information content (AvgIpc) is 2.66. The number of nitrogens with zero attached hydrogens (tertiary/aromatic N) is 1. The summed E-state index contributed by atoms with van der Waals surface area (Å²) >= 11 is 6.27. The van der Waals surface area contributed by atoms with Crippen LogP contribution in [0.5, 0.6) is 0 Å². The molecule has 1 aliphatic rings. The zero-order chi connectivity index (χ0) is 19.2. The van der Waals surface area contributed by atoms with Gasteiger partial charge in [-0.2, -0.15) is 0 Å². The van der Waals surface area contributed by atoms with E-state index in [9.17, 15) is 9.00 Å². The smallest absolute Gasteiger partial charge is 0.226 e. The largest absolute Gasteiger partial charge is 0.328 e. The van der Waals surface area contributed by atoms with Gasteiger partial charge >= 0.3 is 0 Å². The molecule has 0 radical (unpaired) electrons. The number of carbonyl (C=O) groups is 1. The van der Waals surface area contributed by atoms with Gasteiger partial charge in [-0.15, -0.1) is 0 Å². The summed E-state index contributed by atoms with van der Waals surface area (Å²) in [6, 6.07) is 17.8. The highest BCUT2D eigenvalue weighted by Crippen LogP contribution is 2.29. The highest BCUT2D eigenvalue weighted by Gasteiger charge is 2.39. The second-order valence-electron chi connectivity index (χ2n) is 7.17. The van der Waals surface area contributed by atoms with Crippen molar-refractivity contribution in [2.75, 3.05) is 6.54 Å². The molecule has 3 atom stereocenters. The van der Waals surface area contributed by atoms with Gasteiger partial charge in [0.25, 0.3) is 0 Å². The van der Waals surface area contributed by atoms with E-state index in [0.29, 0.717) is 24.6 Å². The van der Waals surface area contributed by atoms with Gasteiger partial charge in [-0.3, -0.25) is 9.00 Å². The fourth-order valence-electron chi connectivity index (χ4n) is 3.53. The number of hydrogen-bond donors (Lipinski definition) is 0. The van der Waals surface area contributed by atoms with Crippen LogP contribution in [0, 0.1) is 0 Å². The molecule has 3 rings (SSSR count). The Balaban J connectivity index is 1.44. The van der Waals surface area contributed by atoms with Crippen molar-refractivity contribution in [1.82, 2.24) is 4.90 Å². The Labute approximate surface area is 169 Å². The van der Waals surface area contributed by atoms with Crippen molar-refractivity contribution in [1.29, 1.82) is 0 Å². The highest BCUT2D eigenvalue weighted by molar-refractivity contribution is 7.84. The lowest BCUT2D eigenvalue weighted by Crippen LogP contribution is -2.55. The number of likely N-dealkylation sites (tertiary alicyclic amines) is 1. The van der Waals surface area contributed by atoms with E-state index in [2.05, 4.69) is 13.0 Å². The summed E-state index contributed by atoms with van der Waals surface area (Å²) in [6.07, 6.45) is 3.40. The van der Waals surface area contributed by atoms with E-state index >= 15 is 0 Å². The van der Waals surface area contributed by atoms with E-state index in [1.807, 2.05) is 48.5 Å². The van der Waals surface area contributed by atoms with Crippen molar-refractivity contribution >= 4 is 28.3 Å². The Morgan fingerprint density at radius 3 is 2.52 bits per heavy atom. The molecule has 1 saturated heterocycles. The van der Waals surface area contributed by atoms with Crippen molar-refractivity contribution in [3.63, 3.8) is 0 Å². The predicted molar refractivity (Wildman–Crippen MR) is 112 cm³/mol. The number of halogens is 1. The molecule has 0 N–H and O–H groups in total. The number of benzene rings is 2. The van der Waals surface area contributed by atoms with Crippen molar-refractivity contribution in [3.8, 4) is 0 Å². The topological polar surface area (TPSA) is 37.4 Å². The summed E-state index contributed by atoms with van der Waals surface area (Å²) in [5.74, 6) is 1.04. The molecule has 1 heterocycles. The van der Waals surface area contributed by atoms with E-state index in [0.717, 1.165) is 29.8 Å². The maximum atomic E-state index is 12.6. The molecule has 3 unspecified atom stereocenters. The summed E-state index contributed by atoms with van der Waals surface area (Å²) < 4.78 is 12.6. The summed E-state index contributed by atoms with van der Waals surface area (Å²) in [5, 5.41) is 0.693. The van der Waals surface area contributed by atoms with E-state index in [1.165, 1.54) is 5.56 Å². The van der Waals surface area contributed by atoms with Crippen LogP contribution in [0.25, 0.3) is 0 Å². The quantitative estimate of drug-likeness (QED) is 0.430. The second kappa shape index (κ2) is 9.52. The molecule has 0 spiro atoms. The molecule has 5 heteroatoms. The van der Waals surface area contributed by atoms with Gasteiger partial charge in [0.2, 0.25) is 5.91 Å². The molecule has 144 valence electrons. The van der Waals surface area contributed by atoms with Crippen LogP contribution in [-0.4, -0.2) is 26.9 Å². The molecule has 1 aliphatic heterocycles. The number of carbonyl (C=O) groups excluding carboxylic acids is 1. The van der Waals surface area contributed by atoms with Crippen molar-refractivity contribution < 1.29 is 9.00 Å². The predicted octanol–water partition coefficient (Wildman–Crippen LogP) is 5.12. The first-order valence-corrected chi connectivity index (χ1v) is 11.3. The van der Waals surface area contributed by atoms with Crippen molar-refractivity contribution in [2.45, 2.75) is 49.7 Å². The van der Waals surface area contributed by atoms with E-state index in [4.69, 9.17) is 11.6 Å². The van der Waals surface area contributed by atoms with Gasteiger partial charge in [-0.05, 0) is 36.0 Å². The number of amides is 1. The van der Waals surface area contributed by atoms with Crippen LogP contribution in [0.4, 0.5) is 0 Å². The van der Waals surface area contributed by atoms with Gasteiger partial charge in [-0.1, -0.05) is 73.5 Å². The summed E-state index contributed by atoms with van der Waals surface area (Å²) in [6.45, 7) is 2.88. The van der Waals surface area contributed by atoms with Gasteiger partial charge in [0.05, 0.1) is 12.2 Å². The highest BCUT2D eigenvalue weighted by atomic mass is 35.5. The number of β-lactam (4-membered cyclic amide) rings is 1. The Morgan fingerprint density at radius 1 is 1.11 bits per heavy atom. The molecule has 27 heavy (non-hydrogen) atoms. The van der Waals surface area contributed by atoms with Gasteiger partial charge in [-0.25, -0.2) is 0 Å². The summed E-state index contributed by atoms with van der Waals surface area (Å²) in [7, 11) is -1.04. The summed E-state index contributed by atoms with van der Waals surface area (Å²) in [4.78, 5) is 13.8. The third-order valence-corrected chi connectivity index (χ3v) is 7.18. The Bertz CT molecular complexity index is 796. The molecular formula is C22H26ClNO2S. The first-order valence-electron chi connectivity index (χ1n) is 9.51. The maximum Gasteiger partial charge on any atom is 0.226 e. The van der Waals surface area contributed by atoms with Crippen molar-refractivity contribution in [2.24, 2.45) is 0 Å².